The first-order valence-electron chi connectivity index (χ1n) is 7.40. The summed E-state index contributed by atoms with van der Waals surface area (Å²) in [6, 6.07) is 21.7. The number of benzene rings is 2. The summed E-state index contributed by atoms with van der Waals surface area (Å²) in [5, 5.41) is 9.39. The van der Waals surface area contributed by atoms with Crippen molar-refractivity contribution in [3.63, 3.8) is 0 Å². The van der Waals surface area contributed by atoms with Gasteiger partial charge >= 0.3 is 0 Å². The van der Waals surface area contributed by atoms with Crippen molar-refractivity contribution in [1.82, 2.24) is 4.98 Å². The second-order valence-electron chi connectivity index (χ2n) is 5.29. The molecule has 1 aromatic heterocycles. The summed E-state index contributed by atoms with van der Waals surface area (Å²) in [7, 11) is 0. The summed E-state index contributed by atoms with van der Waals surface area (Å²) < 4.78 is 5.79. The van der Waals surface area contributed by atoms with E-state index in [4.69, 9.17) is 4.74 Å². The molecule has 0 bridgehead atoms. The topological polar surface area (TPSA) is 45.9 Å². The average molecular weight is 300 g/mol. The predicted octanol–water partition coefficient (Wildman–Crippen LogP) is 4.51. The van der Waals surface area contributed by atoms with E-state index in [2.05, 4.69) is 11.1 Å². The molecule has 0 aliphatic carbocycles. The van der Waals surface area contributed by atoms with Crippen molar-refractivity contribution in [2.24, 2.45) is 0 Å². The Labute approximate surface area is 135 Å². The van der Waals surface area contributed by atoms with E-state index in [-0.39, 0.29) is 0 Å². The van der Waals surface area contributed by atoms with Crippen LogP contribution >= 0.6 is 0 Å². The Kier molecular flexibility index (Phi) is 4.35. The molecule has 3 aromatic rings. The lowest BCUT2D eigenvalue weighted by atomic mass is 10.0. The fourth-order valence-electron chi connectivity index (χ4n) is 2.30. The zero-order valence-electron chi connectivity index (χ0n) is 12.9. The van der Waals surface area contributed by atoms with Crippen molar-refractivity contribution in [3.05, 3.63) is 83.7 Å². The molecule has 23 heavy (non-hydrogen) atoms. The number of nitrogens with zero attached hydrogens (tertiary/aromatic N) is 2. The Balaban J connectivity index is 1.82. The standard InChI is InChI=1S/C20H16N2O/c1-15-7-8-18(13-22-15)17-9-10-20(19(11-17)12-21)23-14-16-5-3-2-4-6-16/h2-11,13H,14H2,1H3. The summed E-state index contributed by atoms with van der Waals surface area (Å²) in [4.78, 5) is 4.30. The predicted molar refractivity (Wildman–Crippen MR) is 89.9 cm³/mol. The lowest BCUT2D eigenvalue weighted by Crippen LogP contribution is -1.97. The molecular weight excluding hydrogens is 284 g/mol. The Bertz CT molecular complexity index is 834. The van der Waals surface area contributed by atoms with Gasteiger partial charge in [-0.2, -0.15) is 5.26 Å². The number of hydrogen-bond donors (Lipinski definition) is 0. The smallest absolute Gasteiger partial charge is 0.137 e. The number of aryl methyl sites for hydroxylation is 1. The molecule has 0 radical (unpaired) electrons. The van der Waals surface area contributed by atoms with Crippen molar-refractivity contribution >= 4 is 0 Å². The maximum absolute atomic E-state index is 9.39. The summed E-state index contributed by atoms with van der Waals surface area (Å²) in [6.45, 7) is 2.39. The molecular formula is C20H16N2O. The van der Waals surface area contributed by atoms with Gasteiger partial charge in [-0.1, -0.05) is 42.5 Å². The second kappa shape index (κ2) is 6.76. The van der Waals surface area contributed by atoms with E-state index in [9.17, 15) is 5.26 Å². The van der Waals surface area contributed by atoms with Gasteiger partial charge in [-0.15, -0.1) is 0 Å². The highest BCUT2D eigenvalue weighted by atomic mass is 16.5. The maximum atomic E-state index is 9.39. The van der Waals surface area contributed by atoms with E-state index in [1.165, 1.54) is 0 Å². The van der Waals surface area contributed by atoms with Crippen LogP contribution in [0, 0.1) is 18.3 Å². The third-order valence-electron chi connectivity index (χ3n) is 3.58. The van der Waals surface area contributed by atoms with Gasteiger partial charge in [-0.25, -0.2) is 0 Å². The minimum Gasteiger partial charge on any atom is -0.488 e. The number of pyridine rings is 1. The van der Waals surface area contributed by atoms with Crippen LogP contribution in [-0.2, 0) is 6.61 Å². The number of aromatic nitrogens is 1. The molecule has 3 rings (SSSR count). The Hall–Kier alpha value is -3.12. The number of ether oxygens (including phenoxy) is 1. The monoisotopic (exact) mass is 300 g/mol. The zero-order chi connectivity index (χ0) is 16.1. The molecule has 112 valence electrons. The molecule has 2 aromatic carbocycles. The molecule has 0 fully saturated rings. The molecule has 0 aliphatic rings. The normalized spacial score (nSPS) is 10.1. The van der Waals surface area contributed by atoms with Crippen LogP contribution in [0.3, 0.4) is 0 Å². The molecule has 3 heteroatoms. The first kappa shape index (κ1) is 14.8. The Morgan fingerprint density at radius 1 is 1.00 bits per heavy atom. The quantitative estimate of drug-likeness (QED) is 0.712. The number of hydrogen-bond acceptors (Lipinski definition) is 3. The van der Waals surface area contributed by atoms with Gasteiger partial charge in [0.1, 0.15) is 18.4 Å². The summed E-state index contributed by atoms with van der Waals surface area (Å²) in [5.74, 6) is 0.597. The molecule has 0 unspecified atom stereocenters. The molecule has 0 spiro atoms. The van der Waals surface area contributed by atoms with Gasteiger partial charge in [0.2, 0.25) is 0 Å². The molecule has 3 nitrogen and oxygen atoms in total. The third-order valence-corrected chi connectivity index (χ3v) is 3.58. The summed E-state index contributed by atoms with van der Waals surface area (Å²) >= 11 is 0. The summed E-state index contributed by atoms with van der Waals surface area (Å²) in [5.41, 5.74) is 4.52. The highest BCUT2D eigenvalue weighted by molar-refractivity contribution is 5.66. The van der Waals surface area contributed by atoms with E-state index < -0.39 is 0 Å². The molecule has 0 atom stereocenters. The molecule has 0 aliphatic heterocycles. The fourth-order valence-corrected chi connectivity index (χ4v) is 2.30. The fraction of sp³-hybridized carbons (Fsp3) is 0.100. The van der Waals surface area contributed by atoms with Gasteiger partial charge in [-0.05, 0) is 36.2 Å². The summed E-state index contributed by atoms with van der Waals surface area (Å²) in [6.07, 6.45) is 1.82. The van der Waals surface area contributed by atoms with Crippen molar-refractivity contribution in [1.29, 1.82) is 5.26 Å². The van der Waals surface area contributed by atoms with Crippen LogP contribution in [0.25, 0.3) is 11.1 Å². The van der Waals surface area contributed by atoms with Gasteiger partial charge < -0.3 is 4.74 Å². The minimum atomic E-state index is 0.445. The van der Waals surface area contributed by atoms with Crippen LogP contribution in [0.5, 0.6) is 5.75 Å². The van der Waals surface area contributed by atoms with Crippen LogP contribution in [0.15, 0.2) is 66.9 Å². The van der Waals surface area contributed by atoms with Gasteiger partial charge in [0.15, 0.2) is 0 Å². The van der Waals surface area contributed by atoms with E-state index >= 15 is 0 Å². The first-order chi connectivity index (χ1) is 11.3. The second-order valence-corrected chi connectivity index (χ2v) is 5.29. The van der Waals surface area contributed by atoms with Crippen molar-refractivity contribution in [2.45, 2.75) is 13.5 Å². The maximum Gasteiger partial charge on any atom is 0.137 e. The molecule has 1 heterocycles. The van der Waals surface area contributed by atoms with Crippen LogP contribution in [0.2, 0.25) is 0 Å². The highest BCUT2D eigenvalue weighted by Crippen LogP contribution is 2.26. The van der Waals surface area contributed by atoms with Crippen molar-refractivity contribution in [2.75, 3.05) is 0 Å². The highest BCUT2D eigenvalue weighted by Gasteiger charge is 2.07. The van der Waals surface area contributed by atoms with Crippen molar-refractivity contribution in [3.8, 4) is 22.9 Å². The zero-order valence-corrected chi connectivity index (χ0v) is 12.9. The van der Waals surface area contributed by atoms with E-state index in [1.807, 2.05) is 73.8 Å². The average Bonchev–Trinajstić information content (AvgIpc) is 2.61. The van der Waals surface area contributed by atoms with Crippen LogP contribution in [0.1, 0.15) is 16.8 Å². The third kappa shape index (κ3) is 3.56. The lowest BCUT2D eigenvalue weighted by Gasteiger charge is -2.10. The van der Waals surface area contributed by atoms with Gasteiger partial charge in [-0.3, -0.25) is 4.98 Å². The van der Waals surface area contributed by atoms with Crippen LogP contribution in [0.4, 0.5) is 0 Å². The molecule has 0 N–H and O–H groups in total. The van der Waals surface area contributed by atoms with E-state index in [0.29, 0.717) is 17.9 Å². The largest absolute Gasteiger partial charge is 0.488 e. The number of nitriles is 1. The van der Waals surface area contributed by atoms with Crippen LogP contribution in [-0.4, -0.2) is 4.98 Å². The van der Waals surface area contributed by atoms with Gasteiger partial charge in [0.05, 0.1) is 5.56 Å². The Morgan fingerprint density at radius 3 is 2.48 bits per heavy atom. The van der Waals surface area contributed by atoms with Crippen LogP contribution < -0.4 is 4.74 Å². The van der Waals surface area contributed by atoms with E-state index in [1.54, 1.807) is 0 Å². The van der Waals surface area contributed by atoms with Gasteiger partial charge in [0, 0.05) is 17.5 Å². The van der Waals surface area contributed by atoms with E-state index in [0.717, 1.165) is 22.4 Å². The molecule has 0 saturated carbocycles. The molecule has 0 saturated heterocycles. The first-order valence-corrected chi connectivity index (χ1v) is 7.40. The lowest BCUT2D eigenvalue weighted by molar-refractivity contribution is 0.305. The minimum absolute atomic E-state index is 0.445. The Morgan fingerprint density at radius 2 is 1.78 bits per heavy atom. The SMILES string of the molecule is Cc1ccc(-c2ccc(OCc3ccccc3)c(C#N)c2)cn1. The molecule has 0 amide bonds. The number of rotatable bonds is 4. The van der Waals surface area contributed by atoms with Crippen molar-refractivity contribution < 1.29 is 4.74 Å². The van der Waals surface area contributed by atoms with Gasteiger partial charge in [0.25, 0.3) is 0 Å².